The number of nitrogens with one attached hydrogen (secondary N) is 1. The van der Waals surface area contributed by atoms with Crippen molar-refractivity contribution in [3.63, 3.8) is 0 Å². The number of aromatic hydroxyl groups is 1. The number of phenolic OH excluding ortho intramolecular Hbond substituents is 1. The summed E-state index contributed by atoms with van der Waals surface area (Å²) in [5.41, 5.74) is 4.66. The molecule has 0 saturated carbocycles. The van der Waals surface area contributed by atoms with Gasteiger partial charge in [-0.2, -0.15) is 0 Å². The first-order valence-corrected chi connectivity index (χ1v) is 8.93. The molecule has 2 N–H and O–H groups in total. The molecule has 2 atom stereocenters. The first kappa shape index (κ1) is 16.6. The molecule has 0 amide bonds. The summed E-state index contributed by atoms with van der Waals surface area (Å²) in [6.07, 6.45) is 7.76. The van der Waals surface area contributed by atoms with Crippen LogP contribution in [0.3, 0.4) is 0 Å². The molecule has 1 unspecified atom stereocenters. The van der Waals surface area contributed by atoms with Crippen molar-refractivity contribution >= 4 is 6.21 Å². The zero-order valence-electron chi connectivity index (χ0n) is 15.0. The van der Waals surface area contributed by atoms with Gasteiger partial charge in [-0.25, -0.2) is 0 Å². The second kappa shape index (κ2) is 6.13. The standard InChI is InChI=1S/C22H22N2O2/c1-3-17-16-10-14(2)12-22(17,18-8-9-21(26)24-19(18)11-16)23-13-15-6-4-5-7-20(15)25/h3-10,13,16,25H,11-12H2,1-2H3,(H,24,26)/t16?,22-/m1/s1. The van der Waals surface area contributed by atoms with Crippen molar-refractivity contribution < 1.29 is 5.11 Å². The Morgan fingerprint density at radius 2 is 2.08 bits per heavy atom. The van der Waals surface area contributed by atoms with Crippen LogP contribution in [0, 0.1) is 5.92 Å². The van der Waals surface area contributed by atoms with Crippen molar-refractivity contribution in [1.82, 2.24) is 4.98 Å². The van der Waals surface area contributed by atoms with Crippen LogP contribution in [0.5, 0.6) is 5.75 Å². The van der Waals surface area contributed by atoms with Gasteiger partial charge in [0.05, 0.1) is 0 Å². The fourth-order valence-corrected chi connectivity index (χ4v) is 4.43. The summed E-state index contributed by atoms with van der Waals surface area (Å²) in [6.45, 7) is 4.19. The SMILES string of the molecule is CC=C1C2C=C(C)C[C@]1(N=Cc1ccccc1O)c1ccc(=O)[nH]c1C2. The molecule has 1 heterocycles. The Balaban J connectivity index is 1.94. The van der Waals surface area contributed by atoms with E-state index in [4.69, 9.17) is 4.99 Å². The Morgan fingerprint density at radius 3 is 2.85 bits per heavy atom. The number of phenols is 1. The molecule has 1 aromatic carbocycles. The molecule has 4 nitrogen and oxygen atoms in total. The fraction of sp³-hybridized carbons (Fsp3) is 0.273. The quantitative estimate of drug-likeness (QED) is 0.640. The number of H-pyrrole nitrogens is 1. The van der Waals surface area contributed by atoms with Crippen LogP contribution in [-0.4, -0.2) is 16.3 Å². The van der Waals surface area contributed by atoms with E-state index < -0.39 is 5.54 Å². The van der Waals surface area contributed by atoms with Gasteiger partial charge in [-0.1, -0.05) is 29.9 Å². The highest BCUT2D eigenvalue weighted by molar-refractivity contribution is 5.84. The molecule has 26 heavy (non-hydrogen) atoms. The van der Waals surface area contributed by atoms with Crippen LogP contribution in [0.2, 0.25) is 0 Å². The van der Waals surface area contributed by atoms with Gasteiger partial charge in [0.25, 0.3) is 0 Å². The first-order valence-electron chi connectivity index (χ1n) is 8.93. The van der Waals surface area contributed by atoms with Gasteiger partial charge in [0.15, 0.2) is 0 Å². The van der Waals surface area contributed by atoms with Crippen molar-refractivity contribution in [3.05, 3.63) is 86.9 Å². The van der Waals surface area contributed by atoms with Crippen LogP contribution in [-0.2, 0) is 12.0 Å². The highest BCUT2D eigenvalue weighted by Crippen LogP contribution is 2.51. The third-order valence-corrected chi connectivity index (χ3v) is 5.44. The highest BCUT2D eigenvalue weighted by atomic mass is 16.3. The fourth-order valence-electron chi connectivity index (χ4n) is 4.43. The van der Waals surface area contributed by atoms with Gasteiger partial charge in [0, 0.05) is 41.4 Å². The average Bonchev–Trinajstić information content (AvgIpc) is 2.60. The average molecular weight is 346 g/mol. The Hall–Kier alpha value is -2.88. The number of para-hydroxylation sites is 1. The van der Waals surface area contributed by atoms with Gasteiger partial charge in [0.2, 0.25) is 5.56 Å². The molecule has 2 aliphatic carbocycles. The number of rotatable bonds is 2. The van der Waals surface area contributed by atoms with E-state index in [1.54, 1.807) is 24.4 Å². The van der Waals surface area contributed by atoms with Gasteiger partial charge in [-0.05, 0) is 44.0 Å². The molecular formula is C22H22N2O2. The summed E-state index contributed by atoms with van der Waals surface area (Å²) in [4.78, 5) is 19.9. The maximum Gasteiger partial charge on any atom is 0.248 e. The zero-order chi connectivity index (χ0) is 18.3. The molecule has 0 saturated heterocycles. The summed E-state index contributed by atoms with van der Waals surface area (Å²) in [5, 5.41) is 10.1. The van der Waals surface area contributed by atoms with E-state index in [2.05, 4.69) is 31.0 Å². The van der Waals surface area contributed by atoms with E-state index in [0.717, 1.165) is 24.1 Å². The number of hydrogen-bond donors (Lipinski definition) is 2. The van der Waals surface area contributed by atoms with Crippen LogP contribution in [0.25, 0.3) is 0 Å². The lowest BCUT2D eigenvalue weighted by Gasteiger charge is -2.45. The number of nitrogens with zero attached hydrogens (tertiary/aromatic N) is 1. The molecule has 2 bridgehead atoms. The summed E-state index contributed by atoms with van der Waals surface area (Å²) < 4.78 is 0. The monoisotopic (exact) mass is 346 g/mol. The molecule has 132 valence electrons. The van der Waals surface area contributed by atoms with Gasteiger partial charge >= 0.3 is 0 Å². The molecule has 4 rings (SSSR count). The van der Waals surface area contributed by atoms with Crippen LogP contribution in [0.4, 0.5) is 0 Å². The lowest BCUT2D eigenvalue weighted by Crippen LogP contribution is -2.40. The predicted octanol–water partition coefficient (Wildman–Crippen LogP) is 3.86. The topological polar surface area (TPSA) is 65.5 Å². The molecule has 1 aromatic heterocycles. The number of allylic oxidation sites excluding steroid dienone is 2. The molecule has 0 spiro atoms. The lowest BCUT2D eigenvalue weighted by molar-refractivity contribution is 0.413. The second-order valence-corrected chi connectivity index (χ2v) is 7.14. The highest BCUT2D eigenvalue weighted by Gasteiger charge is 2.46. The molecule has 2 aliphatic rings. The minimum Gasteiger partial charge on any atom is -0.507 e. The maximum atomic E-state index is 11.8. The molecular weight excluding hydrogens is 324 g/mol. The van der Waals surface area contributed by atoms with Crippen molar-refractivity contribution in [2.45, 2.75) is 32.2 Å². The molecule has 4 heteroatoms. The Labute approximate surface area is 152 Å². The van der Waals surface area contributed by atoms with Crippen LogP contribution in [0.15, 0.2) is 69.5 Å². The van der Waals surface area contributed by atoms with E-state index in [9.17, 15) is 9.90 Å². The molecule has 2 aromatic rings. The Kier molecular flexibility index (Phi) is 3.91. The molecule has 0 radical (unpaired) electrons. The minimum atomic E-state index is -0.529. The van der Waals surface area contributed by atoms with E-state index >= 15 is 0 Å². The van der Waals surface area contributed by atoms with E-state index in [0.29, 0.717) is 5.56 Å². The van der Waals surface area contributed by atoms with Crippen LogP contribution < -0.4 is 5.56 Å². The zero-order valence-corrected chi connectivity index (χ0v) is 15.0. The predicted molar refractivity (Wildman–Crippen MR) is 104 cm³/mol. The Bertz CT molecular complexity index is 1010. The molecule has 0 aliphatic heterocycles. The first-order chi connectivity index (χ1) is 12.5. The Morgan fingerprint density at radius 1 is 1.27 bits per heavy atom. The van der Waals surface area contributed by atoms with Crippen molar-refractivity contribution in [2.75, 3.05) is 0 Å². The third-order valence-electron chi connectivity index (χ3n) is 5.44. The van der Waals surface area contributed by atoms with E-state index in [1.165, 1.54) is 11.1 Å². The summed E-state index contributed by atoms with van der Waals surface area (Å²) in [7, 11) is 0. The minimum absolute atomic E-state index is 0.0775. The van der Waals surface area contributed by atoms with Gasteiger partial charge < -0.3 is 10.1 Å². The normalized spacial score (nSPS) is 26.0. The second-order valence-electron chi connectivity index (χ2n) is 7.14. The van der Waals surface area contributed by atoms with Crippen molar-refractivity contribution in [3.8, 4) is 5.75 Å². The van der Waals surface area contributed by atoms with Gasteiger partial charge in [-0.3, -0.25) is 9.79 Å². The van der Waals surface area contributed by atoms with E-state index in [-0.39, 0.29) is 17.2 Å². The number of aliphatic imine (C=N–C) groups is 1. The number of pyridine rings is 1. The summed E-state index contributed by atoms with van der Waals surface area (Å²) >= 11 is 0. The largest absolute Gasteiger partial charge is 0.507 e. The number of aromatic nitrogens is 1. The van der Waals surface area contributed by atoms with Crippen molar-refractivity contribution in [2.24, 2.45) is 10.9 Å². The smallest absolute Gasteiger partial charge is 0.248 e. The molecule has 0 fully saturated rings. The van der Waals surface area contributed by atoms with Crippen LogP contribution >= 0.6 is 0 Å². The van der Waals surface area contributed by atoms with Crippen molar-refractivity contribution in [1.29, 1.82) is 0 Å². The van der Waals surface area contributed by atoms with Gasteiger partial charge in [0.1, 0.15) is 11.3 Å². The van der Waals surface area contributed by atoms with Gasteiger partial charge in [-0.15, -0.1) is 0 Å². The third kappa shape index (κ3) is 2.53. The summed E-state index contributed by atoms with van der Waals surface area (Å²) in [6, 6.07) is 10.7. The summed E-state index contributed by atoms with van der Waals surface area (Å²) in [5.74, 6) is 0.452. The van der Waals surface area contributed by atoms with E-state index in [1.807, 2.05) is 18.2 Å². The maximum absolute atomic E-state index is 11.8. The number of hydrogen-bond acceptors (Lipinski definition) is 3. The number of fused-ring (bicyclic) bond motifs is 4. The number of aromatic amines is 1. The number of benzene rings is 1. The lowest BCUT2D eigenvalue weighted by atomic mass is 9.63. The van der Waals surface area contributed by atoms with Crippen LogP contribution in [0.1, 0.15) is 37.1 Å².